The molecule has 1 aromatic heterocycles. The average molecular weight is 895 g/mol. The number of amides is 1. The first-order valence-electron chi connectivity index (χ1n) is 19.1. The summed E-state index contributed by atoms with van der Waals surface area (Å²) < 4.78 is 52.4. The van der Waals surface area contributed by atoms with Crippen LogP contribution >= 0.6 is 7.82 Å². The van der Waals surface area contributed by atoms with E-state index >= 15 is 0 Å². The minimum atomic E-state index is -5.48. The zero-order chi connectivity index (χ0) is 44.4. The van der Waals surface area contributed by atoms with Crippen molar-refractivity contribution in [3.63, 3.8) is 0 Å². The van der Waals surface area contributed by atoms with E-state index in [2.05, 4.69) is 28.3 Å². The molecule has 0 aromatic carbocycles. The number of aliphatic hydroxyl groups excluding tert-OH is 9. The molecule has 0 bridgehead atoms. The van der Waals surface area contributed by atoms with Crippen molar-refractivity contribution in [1.29, 1.82) is 0 Å². The first kappa shape index (κ1) is 48.6. The number of H-pyrrole nitrogens is 1. The summed E-state index contributed by atoms with van der Waals surface area (Å²) in [4.78, 5) is 51.4. The number of aromatic amines is 1. The van der Waals surface area contributed by atoms with Gasteiger partial charge in [-0.3, -0.25) is 23.7 Å². The second-order valence-electron chi connectivity index (χ2n) is 15.0. The van der Waals surface area contributed by atoms with Crippen molar-refractivity contribution in [1.82, 2.24) is 14.9 Å². The monoisotopic (exact) mass is 894 g/mol. The Labute approximate surface area is 339 Å². The molecule has 29 heteroatoms. The lowest BCUT2D eigenvalue weighted by molar-refractivity contribution is -0.494. The minimum Gasteiger partial charge on any atom is -0.756 e. The summed E-state index contributed by atoms with van der Waals surface area (Å²) in [6, 6.07) is -2.28. The molecule has 0 spiro atoms. The normalized spacial score (nSPS) is 42.7. The first-order valence-corrected chi connectivity index (χ1v) is 20.5. The average Bonchev–Trinajstić information content (AvgIpc) is 3.48. The molecule has 23 N–H and O–H groups in total. The number of nitrogens with one attached hydrogen (secondary N) is 2. The highest BCUT2D eigenvalue weighted by molar-refractivity contribution is 7.45. The number of carbonyl (C=O) groups excluding carboxylic acids is 1. The van der Waals surface area contributed by atoms with Crippen LogP contribution in [0.3, 0.4) is 0 Å². The van der Waals surface area contributed by atoms with Gasteiger partial charge in [0.1, 0.15) is 98.0 Å². The Kier molecular flexibility index (Phi) is 16.5. The van der Waals surface area contributed by atoms with Crippen LogP contribution in [0.4, 0.5) is 0 Å². The summed E-state index contributed by atoms with van der Waals surface area (Å²) in [5.41, 5.74) is 13.2. The molecule has 60 heavy (non-hydrogen) atoms. The number of phosphoric acid groups is 1. The van der Waals surface area contributed by atoms with Gasteiger partial charge in [-0.05, 0) is 0 Å². The van der Waals surface area contributed by atoms with Crippen LogP contribution in [-0.4, -0.2) is 204 Å². The lowest BCUT2D eigenvalue weighted by Gasteiger charge is -2.48. The Morgan fingerprint density at radius 3 is 2.18 bits per heavy atom. The molecule has 5 rings (SSSR count). The topological polar surface area (TPSA) is 481 Å². The number of carbonyl (C=O) groups is 1. The van der Waals surface area contributed by atoms with E-state index < -0.39 is 161 Å². The van der Waals surface area contributed by atoms with E-state index in [1.807, 2.05) is 4.98 Å². The van der Waals surface area contributed by atoms with Crippen LogP contribution in [0.2, 0.25) is 0 Å². The number of phosphoric ester groups is 1. The van der Waals surface area contributed by atoms with Crippen molar-refractivity contribution < 1.29 is 116 Å². The fourth-order valence-corrected chi connectivity index (χ4v) is 8.39. The fraction of sp³-hybridized carbons (Fsp3) is 0.839. The summed E-state index contributed by atoms with van der Waals surface area (Å²) in [5.74, 6) is -0.852. The second kappa shape index (κ2) is 20.4. The van der Waals surface area contributed by atoms with Gasteiger partial charge in [0.05, 0.1) is 25.8 Å². The van der Waals surface area contributed by atoms with Crippen molar-refractivity contribution in [3.05, 3.63) is 33.1 Å². The van der Waals surface area contributed by atoms with Crippen molar-refractivity contribution in [3.8, 4) is 0 Å². The lowest BCUT2D eigenvalue weighted by Crippen LogP contribution is -2.80. The van der Waals surface area contributed by atoms with E-state index in [4.69, 9.17) is 32.7 Å². The van der Waals surface area contributed by atoms with Gasteiger partial charge in [-0.25, -0.2) is 4.79 Å². The summed E-state index contributed by atoms with van der Waals surface area (Å²) in [6.07, 6.45) is -27.3. The summed E-state index contributed by atoms with van der Waals surface area (Å²) in [6.45, 7) is -1.77. The molecule has 344 valence electrons. The van der Waals surface area contributed by atoms with Gasteiger partial charge in [-0.1, -0.05) is 0 Å². The Bertz CT molecular complexity index is 1750. The van der Waals surface area contributed by atoms with Gasteiger partial charge >= 0.3 is 5.69 Å². The van der Waals surface area contributed by atoms with Crippen molar-refractivity contribution in [2.24, 2.45) is 0 Å². The predicted molar refractivity (Wildman–Crippen MR) is 186 cm³/mol. The molecule has 1 aromatic rings. The lowest BCUT2D eigenvalue weighted by atomic mass is 9.83. The molecule has 28 nitrogen and oxygen atoms in total. The van der Waals surface area contributed by atoms with Crippen LogP contribution in [-0.2, 0) is 42.1 Å². The molecule has 4 heterocycles. The number of aliphatic hydroxyl groups is 9. The van der Waals surface area contributed by atoms with Gasteiger partial charge in [0, 0.05) is 25.1 Å². The Balaban J connectivity index is 1.26. The van der Waals surface area contributed by atoms with Crippen LogP contribution in [0, 0.1) is 0 Å². The standard InChI is InChI=1S/C31H54N7O21P/c32-3-1-11(40)27(49)36-10-5-9(34)24(23(48)25(10)58-29-19(44)16(35)17(42)13(7-39)56-29)57-30-22(47)20(45)26(12(6-33)55-30)59-60(51,52)53-8-14-18(43)21(46)28(54-14)38-4-2-15(41)37-31(38)50/h2,4,9-14,16-26,28-30,39-40,42-48H,1,3,5-8,32-35H2,(H,36,49)(H,51,52)(H,37,41,50)/p+3/t9-,10+,11-,12+,13+,14+,16-,17+,18+,19+,20+,21+,22+,23-,24+,25-,26+,28+,29+,30+/m0/s1. The SMILES string of the molecule is [NH3+]CC[C@H](O)C(=O)N[C@@H]1C[C@H]([NH3+])[C@@H](O[C@H]2O[C@H](C[NH3+])[C@@H](OP(=O)([O-])OC[C@H]3O[C@@H](n4ccc(=O)[nH]c4=O)[C@H](O)[C@@H]3O)[C@H](O)[C@H]2O)[C@H](O)[C@H]1O[C@H]1O[C@H](CO)[C@@H](O)[C@H]([NH3+])[C@H]1O. The van der Waals surface area contributed by atoms with Crippen molar-refractivity contribution >= 4 is 13.7 Å². The van der Waals surface area contributed by atoms with E-state index in [0.29, 0.717) is 0 Å². The molecule has 1 aliphatic carbocycles. The highest BCUT2D eigenvalue weighted by Crippen LogP contribution is 2.44. The molecule has 1 unspecified atom stereocenters. The fourth-order valence-electron chi connectivity index (χ4n) is 7.44. The first-order chi connectivity index (χ1) is 28.2. The summed E-state index contributed by atoms with van der Waals surface area (Å²) >= 11 is 0. The zero-order valence-corrected chi connectivity index (χ0v) is 33.0. The van der Waals surface area contributed by atoms with Gasteiger partial charge in [0.15, 0.2) is 24.9 Å². The van der Waals surface area contributed by atoms with E-state index in [1.165, 1.54) is 0 Å². The predicted octanol–water partition coefficient (Wildman–Crippen LogP) is -13.6. The van der Waals surface area contributed by atoms with Crippen LogP contribution < -0.4 is 44.4 Å². The van der Waals surface area contributed by atoms with Crippen LogP contribution in [0.25, 0.3) is 0 Å². The number of quaternary nitrogens is 4. The number of hydrogen-bond acceptors (Lipinski definition) is 21. The molecular formula is C31H57N7O21P+3. The molecule has 1 saturated carbocycles. The maximum absolute atomic E-state index is 13.0. The van der Waals surface area contributed by atoms with E-state index in [-0.39, 0.29) is 25.9 Å². The van der Waals surface area contributed by atoms with Gasteiger partial charge < -0.3 is 112 Å². The third-order valence-electron chi connectivity index (χ3n) is 10.8. The maximum atomic E-state index is 13.0. The molecule has 3 saturated heterocycles. The third kappa shape index (κ3) is 10.7. The van der Waals surface area contributed by atoms with Gasteiger partial charge in [-0.15, -0.1) is 0 Å². The van der Waals surface area contributed by atoms with E-state index in [0.717, 1.165) is 16.8 Å². The highest BCUT2D eigenvalue weighted by Gasteiger charge is 2.55. The Hall–Kier alpha value is -2.46. The third-order valence-corrected chi connectivity index (χ3v) is 11.8. The Morgan fingerprint density at radius 1 is 0.900 bits per heavy atom. The van der Waals surface area contributed by atoms with E-state index in [9.17, 15) is 69.8 Å². The number of nitrogens with zero attached hydrogens (tertiary/aromatic N) is 1. The number of aromatic nitrogens is 2. The van der Waals surface area contributed by atoms with Gasteiger partial charge in [0.2, 0.25) is 5.91 Å². The van der Waals surface area contributed by atoms with Crippen LogP contribution in [0.1, 0.15) is 19.1 Å². The molecule has 3 aliphatic heterocycles. The van der Waals surface area contributed by atoms with Gasteiger partial charge in [0.25, 0.3) is 13.4 Å². The molecule has 4 aliphatic rings. The minimum absolute atomic E-state index is 0.00717. The van der Waals surface area contributed by atoms with Crippen LogP contribution in [0.5, 0.6) is 0 Å². The molecule has 4 fully saturated rings. The number of ether oxygens (including phenoxy) is 5. The summed E-state index contributed by atoms with van der Waals surface area (Å²) in [5, 5.41) is 98.7. The van der Waals surface area contributed by atoms with Crippen molar-refractivity contribution in [2.75, 3.05) is 26.3 Å². The molecular weight excluding hydrogens is 837 g/mol. The smallest absolute Gasteiger partial charge is 0.330 e. The zero-order valence-electron chi connectivity index (χ0n) is 32.1. The number of hydrogen-bond donors (Lipinski definition) is 15. The van der Waals surface area contributed by atoms with Crippen molar-refractivity contribution in [2.45, 2.75) is 135 Å². The molecule has 0 radical (unpaired) electrons. The largest absolute Gasteiger partial charge is 0.756 e. The highest BCUT2D eigenvalue weighted by atomic mass is 31.2. The van der Waals surface area contributed by atoms with E-state index in [1.54, 1.807) is 0 Å². The number of rotatable bonds is 16. The summed E-state index contributed by atoms with van der Waals surface area (Å²) in [7, 11) is -5.48. The molecule has 21 atom stereocenters. The quantitative estimate of drug-likeness (QED) is 0.0685. The second-order valence-corrected chi connectivity index (χ2v) is 16.4. The maximum Gasteiger partial charge on any atom is 0.330 e. The Morgan fingerprint density at radius 2 is 1.55 bits per heavy atom. The van der Waals surface area contributed by atoms with Gasteiger partial charge in [-0.2, -0.15) is 0 Å². The van der Waals surface area contributed by atoms with Crippen LogP contribution in [0.15, 0.2) is 21.9 Å². The molecule has 1 amide bonds.